The van der Waals surface area contributed by atoms with Gasteiger partial charge in [0, 0.05) is 5.39 Å². The quantitative estimate of drug-likeness (QED) is 0.417. The van der Waals surface area contributed by atoms with Gasteiger partial charge in [0.25, 0.3) is 0 Å². The monoisotopic (exact) mass is 352 g/mol. The molecule has 3 aromatic carbocycles. The van der Waals surface area contributed by atoms with E-state index in [1.807, 2.05) is 77.2 Å². The third-order valence-electron chi connectivity index (χ3n) is 4.85. The van der Waals surface area contributed by atoms with Crippen LogP contribution in [0.3, 0.4) is 0 Å². The van der Waals surface area contributed by atoms with E-state index in [1.165, 1.54) is 0 Å². The first-order chi connectivity index (χ1) is 13.3. The Balaban J connectivity index is 1.88. The molecule has 5 heteroatoms. The molecule has 0 saturated heterocycles. The molecule has 0 radical (unpaired) electrons. The zero-order valence-corrected chi connectivity index (χ0v) is 14.0. The Bertz CT molecular complexity index is 1520. The molecule has 0 saturated carbocycles. The van der Waals surface area contributed by atoms with E-state index >= 15 is 0 Å². The number of rotatable bonds is 1. The molecule has 0 N–H and O–H groups in total. The van der Waals surface area contributed by atoms with Crippen molar-refractivity contribution in [3.63, 3.8) is 0 Å². The molecule has 3 heterocycles. The van der Waals surface area contributed by atoms with E-state index in [0.29, 0.717) is 33.3 Å². The summed E-state index contributed by atoms with van der Waals surface area (Å²) in [4.78, 5) is 17.9. The molecule has 0 fully saturated rings. The van der Waals surface area contributed by atoms with Gasteiger partial charge >= 0.3 is 0 Å². The molecule has 6 aromatic rings. The van der Waals surface area contributed by atoms with Gasteiger partial charge in [0.05, 0.1) is 11.0 Å². The maximum absolute atomic E-state index is 13.3. The van der Waals surface area contributed by atoms with Crippen molar-refractivity contribution in [3.8, 4) is 11.5 Å². The van der Waals surface area contributed by atoms with E-state index in [9.17, 15) is 4.79 Å². The lowest BCUT2D eigenvalue weighted by Gasteiger charge is -2.04. The number of hydrogen-bond donors (Lipinski definition) is 0. The van der Waals surface area contributed by atoms with Gasteiger partial charge in [-0.2, -0.15) is 0 Å². The summed E-state index contributed by atoms with van der Waals surface area (Å²) in [6.07, 6.45) is 0. The first-order valence-corrected chi connectivity index (χ1v) is 8.62. The third-order valence-corrected chi connectivity index (χ3v) is 4.85. The van der Waals surface area contributed by atoms with Crippen molar-refractivity contribution >= 4 is 38.8 Å². The van der Waals surface area contributed by atoms with Gasteiger partial charge in [-0.05, 0) is 36.4 Å². The number of para-hydroxylation sites is 5. The predicted molar refractivity (Wildman–Crippen MR) is 104 cm³/mol. The average Bonchev–Trinajstić information content (AvgIpc) is 3.29. The third kappa shape index (κ3) is 1.88. The van der Waals surface area contributed by atoms with E-state index in [2.05, 4.69) is 4.98 Å². The highest BCUT2D eigenvalue weighted by molar-refractivity contribution is 5.95. The SMILES string of the molecule is O=c1c(-c2nc3ccccc3o2)c2oc3ccccc3n2c2ccccc12. The summed E-state index contributed by atoms with van der Waals surface area (Å²) in [5.74, 6) is 0.267. The summed E-state index contributed by atoms with van der Waals surface area (Å²) in [6, 6.07) is 22.7. The molecule has 0 atom stereocenters. The van der Waals surface area contributed by atoms with Crippen LogP contribution < -0.4 is 5.43 Å². The minimum Gasteiger partial charge on any atom is -0.437 e. The fourth-order valence-electron chi connectivity index (χ4n) is 3.65. The molecular weight excluding hydrogens is 340 g/mol. The molecule has 27 heavy (non-hydrogen) atoms. The molecule has 0 amide bonds. The number of benzene rings is 3. The van der Waals surface area contributed by atoms with E-state index in [0.717, 1.165) is 11.0 Å². The molecule has 0 aliphatic heterocycles. The Morgan fingerprint density at radius 3 is 2.30 bits per heavy atom. The van der Waals surface area contributed by atoms with Gasteiger partial charge in [-0.25, -0.2) is 4.98 Å². The van der Waals surface area contributed by atoms with Crippen molar-refractivity contribution in [1.82, 2.24) is 9.38 Å². The number of hydrogen-bond acceptors (Lipinski definition) is 4. The molecule has 0 aliphatic rings. The van der Waals surface area contributed by atoms with Gasteiger partial charge in [0.1, 0.15) is 11.1 Å². The number of nitrogens with zero attached hydrogens (tertiary/aromatic N) is 2. The van der Waals surface area contributed by atoms with Crippen LogP contribution in [0.1, 0.15) is 0 Å². The van der Waals surface area contributed by atoms with Gasteiger partial charge in [0.2, 0.25) is 17.0 Å². The van der Waals surface area contributed by atoms with Crippen molar-refractivity contribution in [2.45, 2.75) is 0 Å². The lowest BCUT2D eigenvalue weighted by molar-refractivity contribution is 0.611. The van der Waals surface area contributed by atoms with Gasteiger partial charge in [-0.15, -0.1) is 0 Å². The van der Waals surface area contributed by atoms with E-state index in [-0.39, 0.29) is 11.3 Å². The van der Waals surface area contributed by atoms with Crippen molar-refractivity contribution < 1.29 is 8.83 Å². The summed E-state index contributed by atoms with van der Waals surface area (Å²) in [6.45, 7) is 0. The Hall–Kier alpha value is -3.86. The largest absolute Gasteiger partial charge is 0.437 e. The van der Waals surface area contributed by atoms with Gasteiger partial charge in [0.15, 0.2) is 11.2 Å². The minimum atomic E-state index is -0.156. The van der Waals surface area contributed by atoms with Crippen LogP contribution in [-0.2, 0) is 0 Å². The summed E-state index contributed by atoms with van der Waals surface area (Å²) in [5.41, 5.74) is 4.33. The van der Waals surface area contributed by atoms with Crippen LogP contribution in [0, 0.1) is 0 Å². The van der Waals surface area contributed by atoms with Crippen LogP contribution in [0.5, 0.6) is 0 Å². The number of aromatic nitrogens is 2. The van der Waals surface area contributed by atoms with Crippen LogP contribution in [0.15, 0.2) is 86.4 Å². The summed E-state index contributed by atoms with van der Waals surface area (Å²) >= 11 is 0. The second-order valence-electron chi connectivity index (χ2n) is 6.42. The fourth-order valence-corrected chi connectivity index (χ4v) is 3.65. The van der Waals surface area contributed by atoms with Gasteiger partial charge in [-0.1, -0.05) is 36.4 Å². The van der Waals surface area contributed by atoms with Crippen molar-refractivity contribution in [3.05, 3.63) is 83.0 Å². The summed E-state index contributed by atoms with van der Waals surface area (Å²) < 4.78 is 13.9. The molecule has 5 nitrogen and oxygen atoms in total. The molecular formula is C22H12N2O3. The second-order valence-corrected chi connectivity index (χ2v) is 6.42. The van der Waals surface area contributed by atoms with Crippen LogP contribution in [0.2, 0.25) is 0 Å². The highest BCUT2D eigenvalue weighted by Gasteiger charge is 2.22. The highest BCUT2D eigenvalue weighted by Crippen LogP contribution is 2.32. The predicted octanol–water partition coefficient (Wildman–Crippen LogP) is 5.01. The molecule has 0 aliphatic carbocycles. The molecule has 6 rings (SSSR count). The zero-order chi connectivity index (χ0) is 18.0. The topological polar surface area (TPSA) is 60.7 Å². The zero-order valence-electron chi connectivity index (χ0n) is 14.0. The van der Waals surface area contributed by atoms with Crippen LogP contribution in [-0.4, -0.2) is 9.38 Å². The molecule has 0 spiro atoms. The van der Waals surface area contributed by atoms with Crippen molar-refractivity contribution in [1.29, 1.82) is 0 Å². The fraction of sp³-hybridized carbons (Fsp3) is 0. The van der Waals surface area contributed by atoms with Gasteiger partial charge < -0.3 is 8.83 Å². The summed E-state index contributed by atoms with van der Waals surface area (Å²) in [5, 5.41) is 0.596. The maximum Gasteiger partial charge on any atom is 0.236 e. The smallest absolute Gasteiger partial charge is 0.236 e. The van der Waals surface area contributed by atoms with Crippen LogP contribution >= 0.6 is 0 Å². The minimum absolute atomic E-state index is 0.156. The summed E-state index contributed by atoms with van der Waals surface area (Å²) in [7, 11) is 0. The Morgan fingerprint density at radius 2 is 1.44 bits per heavy atom. The Kier molecular flexibility index (Phi) is 2.69. The number of pyridine rings is 1. The first kappa shape index (κ1) is 14.3. The second kappa shape index (κ2) is 5.08. The molecule has 128 valence electrons. The van der Waals surface area contributed by atoms with Crippen LogP contribution in [0.25, 0.3) is 50.3 Å². The standard InChI is InChI=1S/C22H12N2O3/c25-20-13-7-1-3-9-15(13)24-16-10-4-6-12-18(16)27-22(24)19(20)21-23-14-8-2-5-11-17(14)26-21/h1-12H. The molecule has 0 unspecified atom stereocenters. The molecule has 3 aromatic heterocycles. The van der Waals surface area contributed by atoms with Crippen LogP contribution in [0.4, 0.5) is 0 Å². The number of oxazole rings is 2. The lowest BCUT2D eigenvalue weighted by Crippen LogP contribution is -2.09. The normalized spacial score (nSPS) is 11.9. The average molecular weight is 352 g/mol. The maximum atomic E-state index is 13.3. The van der Waals surface area contributed by atoms with Gasteiger partial charge in [-0.3, -0.25) is 9.20 Å². The highest BCUT2D eigenvalue weighted by atomic mass is 16.4. The molecule has 0 bridgehead atoms. The Morgan fingerprint density at radius 1 is 0.741 bits per heavy atom. The van der Waals surface area contributed by atoms with Crippen molar-refractivity contribution in [2.24, 2.45) is 0 Å². The Labute approximate surface area is 152 Å². The van der Waals surface area contributed by atoms with E-state index in [1.54, 1.807) is 0 Å². The first-order valence-electron chi connectivity index (χ1n) is 8.62. The van der Waals surface area contributed by atoms with Crippen molar-refractivity contribution in [2.75, 3.05) is 0 Å². The number of fused-ring (bicyclic) bond motifs is 6. The van der Waals surface area contributed by atoms with E-state index < -0.39 is 0 Å². The van der Waals surface area contributed by atoms with E-state index in [4.69, 9.17) is 8.83 Å². The lowest BCUT2D eigenvalue weighted by atomic mass is 10.1.